The number of aryl methyl sites for hydroxylation is 1. The van der Waals surface area contributed by atoms with Gasteiger partial charge in [0.25, 0.3) is 0 Å². The molecule has 0 fully saturated rings. The van der Waals surface area contributed by atoms with E-state index in [-0.39, 0.29) is 0 Å². The summed E-state index contributed by atoms with van der Waals surface area (Å²) in [6.07, 6.45) is 0. The van der Waals surface area contributed by atoms with E-state index in [0.717, 1.165) is 5.56 Å². The molecule has 1 heterocycles. The van der Waals surface area contributed by atoms with E-state index in [1.165, 1.54) is 0 Å². The SMILES string of the molecule is Cc1ccc(Cl)c(Oc2cccc(NN)n2)c1. The number of benzene rings is 1. The minimum absolute atomic E-state index is 0.438. The average Bonchev–Trinajstić information content (AvgIpc) is 2.34. The molecule has 0 saturated heterocycles. The van der Waals surface area contributed by atoms with E-state index < -0.39 is 0 Å². The largest absolute Gasteiger partial charge is 0.437 e. The number of hydrazine groups is 1. The van der Waals surface area contributed by atoms with Crippen LogP contribution in [-0.4, -0.2) is 4.98 Å². The highest BCUT2D eigenvalue weighted by molar-refractivity contribution is 6.32. The Hall–Kier alpha value is -1.78. The monoisotopic (exact) mass is 249 g/mol. The summed E-state index contributed by atoms with van der Waals surface area (Å²) in [7, 11) is 0. The Morgan fingerprint density at radius 3 is 2.88 bits per heavy atom. The molecule has 17 heavy (non-hydrogen) atoms. The molecule has 0 aliphatic heterocycles. The molecule has 1 aromatic heterocycles. The van der Waals surface area contributed by atoms with Gasteiger partial charge in [-0.05, 0) is 30.7 Å². The number of nitrogen functional groups attached to an aromatic ring is 1. The summed E-state index contributed by atoms with van der Waals surface area (Å²) in [4.78, 5) is 4.14. The summed E-state index contributed by atoms with van der Waals surface area (Å²) in [6, 6.07) is 10.8. The summed E-state index contributed by atoms with van der Waals surface area (Å²) in [5.41, 5.74) is 3.52. The lowest BCUT2D eigenvalue weighted by molar-refractivity contribution is 0.463. The van der Waals surface area contributed by atoms with E-state index in [9.17, 15) is 0 Å². The van der Waals surface area contributed by atoms with Crippen LogP contribution < -0.4 is 16.0 Å². The summed E-state index contributed by atoms with van der Waals surface area (Å²) in [6.45, 7) is 1.97. The number of anilines is 1. The van der Waals surface area contributed by atoms with Crippen LogP contribution in [0, 0.1) is 6.92 Å². The van der Waals surface area contributed by atoms with Crippen molar-refractivity contribution in [1.82, 2.24) is 4.98 Å². The molecule has 4 nitrogen and oxygen atoms in total. The number of pyridine rings is 1. The van der Waals surface area contributed by atoms with Gasteiger partial charge in [0, 0.05) is 6.07 Å². The van der Waals surface area contributed by atoms with E-state index in [1.807, 2.05) is 19.1 Å². The Balaban J connectivity index is 2.27. The first-order valence-electron chi connectivity index (χ1n) is 5.07. The Bertz CT molecular complexity index is 531. The van der Waals surface area contributed by atoms with Crippen molar-refractivity contribution in [3.63, 3.8) is 0 Å². The fourth-order valence-corrected chi connectivity index (χ4v) is 1.51. The summed E-state index contributed by atoms with van der Waals surface area (Å²) in [5, 5.41) is 0.545. The predicted octanol–water partition coefficient (Wildman–Crippen LogP) is 3.12. The number of hydrogen-bond donors (Lipinski definition) is 2. The van der Waals surface area contributed by atoms with E-state index in [1.54, 1.807) is 24.3 Å². The van der Waals surface area contributed by atoms with Crippen molar-refractivity contribution >= 4 is 17.4 Å². The van der Waals surface area contributed by atoms with E-state index in [0.29, 0.717) is 22.5 Å². The lowest BCUT2D eigenvalue weighted by atomic mass is 10.2. The number of nitrogens with one attached hydrogen (secondary N) is 1. The number of nitrogens with two attached hydrogens (primary N) is 1. The van der Waals surface area contributed by atoms with Crippen molar-refractivity contribution < 1.29 is 4.74 Å². The van der Waals surface area contributed by atoms with Gasteiger partial charge in [0.2, 0.25) is 5.88 Å². The average molecular weight is 250 g/mol. The van der Waals surface area contributed by atoms with Crippen molar-refractivity contribution in [2.45, 2.75) is 6.92 Å². The van der Waals surface area contributed by atoms with E-state index >= 15 is 0 Å². The van der Waals surface area contributed by atoms with E-state index in [2.05, 4.69) is 10.4 Å². The van der Waals surface area contributed by atoms with Crippen molar-refractivity contribution in [3.05, 3.63) is 47.0 Å². The van der Waals surface area contributed by atoms with Gasteiger partial charge in [-0.25, -0.2) is 5.84 Å². The van der Waals surface area contributed by atoms with Crippen molar-refractivity contribution in [2.24, 2.45) is 5.84 Å². The van der Waals surface area contributed by atoms with Gasteiger partial charge >= 0.3 is 0 Å². The maximum atomic E-state index is 6.03. The minimum Gasteiger partial charge on any atom is -0.437 e. The minimum atomic E-state index is 0.438. The number of halogens is 1. The highest BCUT2D eigenvalue weighted by atomic mass is 35.5. The molecule has 0 spiro atoms. The summed E-state index contributed by atoms with van der Waals surface area (Å²) >= 11 is 6.03. The molecular formula is C12H12ClN3O. The molecular weight excluding hydrogens is 238 g/mol. The number of rotatable bonds is 3. The molecule has 0 bridgehead atoms. The van der Waals surface area contributed by atoms with Crippen LogP contribution in [0.25, 0.3) is 0 Å². The van der Waals surface area contributed by atoms with Crippen LogP contribution in [0.15, 0.2) is 36.4 Å². The predicted molar refractivity (Wildman–Crippen MR) is 68.3 cm³/mol. The molecule has 0 atom stereocenters. The zero-order valence-corrected chi connectivity index (χ0v) is 10.0. The quantitative estimate of drug-likeness (QED) is 0.648. The molecule has 0 saturated carbocycles. The Morgan fingerprint density at radius 1 is 1.29 bits per heavy atom. The van der Waals surface area contributed by atoms with Gasteiger partial charge in [-0.15, -0.1) is 0 Å². The maximum Gasteiger partial charge on any atom is 0.221 e. The van der Waals surface area contributed by atoms with Crippen LogP contribution in [0.2, 0.25) is 5.02 Å². The molecule has 0 aliphatic carbocycles. The normalized spacial score (nSPS) is 10.1. The van der Waals surface area contributed by atoms with Crippen LogP contribution in [0.5, 0.6) is 11.6 Å². The first-order valence-corrected chi connectivity index (χ1v) is 5.44. The molecule has 88 valence electrons. The van der Waals surface area contributed by atoms with Gasteiger partial charge in [-0.3, -0.25) is 0 Å². The third-order valence-electron chi connectivity index (χ3n) is 2.17. The molecule has 2 rings (SSSR count). The Kier molecular flexibility index (Phi) is 3.46. The molecule has 3 N–H and O–H groups in total. The fraction of sp³-hybridized carbons (Fsp3) is 0.0833. The lowest BCUT2D eigenvalue weighted by Crippen LogP contribution is -2.08. The fourth-order valence-electron chi connectivity index (χ4n) is 1.35. The summed E-state index contributed by atoms with van der Waals surface area (Å²) < 4.78 is 5.59. The van der Waals surface area contributed by atoms with Crippen molar-refractivity contribution in [3.8, 4) is 11.6 Å². The Morgan fingerprint density at radius 2 is 2.12 bits per heavy atom. The molecule has 0 amide bonds. The smallest absolute Gasteiger partial charge is 0.221 e. The standard InChI is InChI=1S/C12H12ClN3O/c1-8-5-6-9(13)10(7-8)17-12-4-2-3-11(15-12)16-14/h2-7H,14H2,1H3,(H,15,16). The zero-order valence-electron chi connectivity index (χ0n) is 9.27. The molecule has 0 radical (unpaired) electrons. The Labute approximate surface area is 104 Å². The third-order valence-corrected chi connectivity index (χ3v) is 2.48. The number of nitrogens with zero attached hydrogens (tertiary/aromatic N) is 1. The highest BCUT2D eigenvalue weighted by Crippen LogP contribution is 2.29. The van der Waals surface area contributed by atoms with Gasteiger partial charge < -0.3 is 10.2 Å². The first-order chi connectivity index (χ1) is 8.19. The van der Waals surface area contributed by atoms with Gasteiger partial charge in [-0.1, -0.05) is 23.7 Å². The van der Waals surface area contributed by atoms with Gasteiger partial charge in [0.05, 0.1) is 5.02 Å². The van der Waals surface area contributed by atoms with Gasteiger partial charge in [-0.2, -0.15) is 4.98 Å². The highest BCUT2D eigenvalue weighted by Gasteiger charge is 2.04. The van der Waals surface area contributed by atoms with Crippen LogP contribution in [0.4, 0.5) is 5.82 Å². The zero-order chi connectivity index (χ0) is 12.3. The van der Waals surface area contributed by atoms with E-state index in [4.69, 9.17) is 22.2 Å². The number of hydrogen-bond acceptors (Lipinski definition) is 4. The molecule has 0 unspecified atom stereocenters. The van der Waals surface area contributed by atoms with Crippen LogP contribution in [-0.2, 0) is 0 Å². The first kappa shape index (κ1) is 11.7. The third kappa shape index (κ3) is 2.87. The molecule has 5 heteroatoms. The van der Waals surface area contributed by atoms with Crippen molar-refractivity contribution in [1.29, 1.82) is 0 Å². The van der Waals surface area contributed by atoms with Gasteiger partial charge in [0.1, 0.15) is 11.6 Å². The second-order valence-corrected chi connectivity index (χ2v) is 3.95. The van der Waals surface area contributed by atoms with Crippen molar-refractivity contribution in [2.75, 3.05) is 5.43 Å². The number of aromatic nitrogens is 1. The van der Waals surface area contributed by atoms with Crippen LogP contribution in [0.3, 0.4) is 0 Å². The van der Waals surface area contributed by atoms with Crippen LogP contribution >= 0.6 is 11.6 Å². The topological polar surface area (TPSA) is 60.2 Å². The second-order valence-electron chi connectivity index (χ2n) is 3.54. The lowest BCUT2D eigenvalue weighted by Gasteiger charge is -2.08. The van der Waals surface area contributed by atoms with Gasteiger partial charge in [0.15, 0.2) is 0 Å². The van der Waals surface area contributed by atoms with Crippen LogP contribution in [0.1, 0.15) is 5.56 Å². The molecule has 1 aromatic carbocycles. The number of ether oxygens (including phenoxy) is 1. The molecule has 2 aromatic rings. The molecule has 0 aliphatic rings. The summed E-state index contributed by atoms with van der Waals surface area (Å²) in [5.74, 6) is 6.82. The second kappa shape index (κ2) is 5.03. The maximum absolute atomic E-state index is 6.03.